The van der Waals surface area contributed by atoms with Crippen molar-refractivity contribution in [1.29, 1.82) is 0 Å². The molecule has 2 amide bonds. The zero-order valence-corrected chi connectivity index (χ0v) is 16.3. The van der Waals surface area contributed by atoms with Crippen molar-refractivity contribution in [2.45, 2.75) is 40.0 Å². The van der Waals surface area contributed by atoms with Crippen molar-refractivity contribution in [3.63, 3.8) is 0 Å². The highest BCUT2D eigenvalue weighted by molar-refractivity contribution is 5.77. The van der Waals surface area contributed by atoms with Crippen LogP contribution in [0.25, 0.3) is 0 Å². The standard InChI is InChI=1S/C21H32N2O3/c1-17(2)16-26-21(25)23-13-11-22(12-14-23)20(24)15-18(3)9-10-19-7-5-4-6-8-19/h4-8,17-18H,9-16H2,1-3H3. The summed E-state index contributed by atoms with van der Waals surface area (Å²) in [4.78, 5) is 28.1. The Labute approximate surface area is 157 Å². The van der Waals surface area contributed by atoms with Gasteiger partial charge in [-0.25, -0.2) is 4.79 Å². The second-order valence-electron chi connectivity index (χ2n) is 7.67. The van der Waals surface area contributed by atoms with Gasteiger partial charge in [0.1, 0.15) is 0 Å². The molecule has 1 aliphatic rings. The first kappa shape index (κ1) is 20.3. The normalized spacial score (nSPS) is 15.8. The zero-order chi connectivity index (χ0) is 18.9. The number of aryl methyl sites for hydroxylation is 1. The summed E-state index contributed by atoms with van der Waals surface area (Å²) in [5.41, 5.74) is 1.32. The van der Waals surface area contributed by atoms with Crippen LogP contribution < -0.4 is 0 Å². The molecule has 0 radical (unpaired) electrons. The lowest BCUT2D eigenvalue weighted by atomic mass is 9.97. The molecule has 1 aromatic carbocycles. The van der Waals surface area contributed by atoms with Gasteiger partial charge >= 0.3 is 6.09 Å². The van der Waals surface area contributed by atoms with Gasteiger partial charge in [0.05, 0.1) is 6.61 Å². The van der Waals surface area contributed by atoms with Gasteiger partial charge in [-0.2, -0.15) is 0 Å². The summed E-state index contributed by atoms with van der Waals surface area (Å²) in [5, 5.41) is 0. The molecule has 1 saturated heterocycles. The van der Waals surface area contributed by atoms with Gasteiger partial charge in [-0.15, -0.1) is 0 Å². The molecule has 1 atom stereocenters. The fourth-order valence-corrected chi connectivity index (χ4v) is 3.05. The first-order chi connectivity index (χ1) is 12.5. The summed E-state index contributed by atoms with van der Waals surface area (Å²) >= 11 is 0. The fraction of sp³-hybridized carbons (Fsp3) is 0.619. The third-order valence-corrected chi connectivity index (χ3v) is 4.72. The van der Waals surface area contributed by atoms with Crippen molar-refractivity contribution < 1.29 is 14.3 Å². The van der Waals surface area contributed by atoms with Crippen molar-refractivity contribution in [1.82, 2.24) is 9.80 Å². The monoisotopic (exact) mass is 360 g/mol. The molecular formula is C21H32N2O3. The van der Waals surface area contributed by atoms with Crippen LogP contribution in [0.2, 0.25) is 0 Å². The van der Waals surface area contributed by atoms with E-state index in [4.69, 9.17) is 4.74 Å². The number of ether oxygens (including phenoxy) is 1. The Morgan fingerprint density at radius 3 is 2.23 bits per heavy atom. The van der Waals surface area contributed by atoms with Crippen LogP contribution in [0.1, 0.15) is 39.2 Å². The minimum atomic E-state index is -0.262. The predicted molar refractivity (Wildman–Crippen MR) is 103 cm³/mol. The van der Waals surface area contributed by atoms with Crippen molar-refractivity contribution in [2.24, 2.45) is 11.8 Å². The minimum absolute atomic E-state index is 0.195. The molecule has 0 spiro atoms. The number of hydrogen-bond acceptors (Lipinski definition) is 3. The molecule has 0 aliphatic carbocycles. The van der Waals surface area contributed by atoms with E-state index < -0.39 is 0 Å². The molecule has 1 unspecified atom stereocenters. The number of rotatable bonds is 7. The molecule has 1 aromatic rings. The summed E-state index contributed by atoms with van der Waals surface area (Å²) in [6, 6.07) is 10.4. The molecule has 0 N–H and O–H groups in total. The molecule has 5 nitrogen and oxygen atoms in total. The van der Waals surface area contributed by atoms with E-state index in [1.165, 1.54) is 5.56 Å². The van der Waals surface area contributed by atoms with Crippen LogP contribution in [0.3, 0.4) is 0 Å². The first-order valence-corrected chi connectivity index (χ1v) is 9.69. The van der Waals surface area contributed by atoms with Crippen LogP contribution in [0.15, 0.2) is 30.3 Å². The van der Waals surface area contributed by atoms with E-state index in [-0.39, 0.29) is 12.0 Å². The lowest BCUT2D eigenvalue weighted by molar-refractivity contribution is -0.133. The summed E-state index contributed by atoms with van der Waals surface area (Å²) in [6.45, 7) is 8.92. The van der Waals surface area contributed by atoms with Crippen LogP contribution in [-0.2, 0) is 16.0 Å². The highest BCUT2D eigenvalue weighted by atomic mass is 16.6. The summed E-state index contributed by atoms with van der Waals surface area (Å²) in [6.07, 6.45) is 2.33. The zero-order valence-electron chi connectivity index (χ0n) is 16.3. The van der Waals surface area contributed by atoms with Crippen molar-refractivity contribution in [3.8, 4) is 0 Å². The Balaban J connectivity index is 1.68. The van der Waals surface area contributed by atoms with Gasteiger partial charge in [-0.3, -0.25) is 4.79 Å². The Morgan fingerprint density at radius 2 is 1.62 bits per heavy atom. The van der Waals surface area contributed by atoms with Crippen LogP contribution in [0.5, 0.6) is 0 Å². The highest BCUT2D eigenvalue weighted by Gasteiger charge is 2.25. The molecule has 1 heterocycles. The predicted octanol–water partition coefficient (Wildman–Crippen LogP) is 3.58. The number of carbonyl (C=O) groups excluding carboxylic acids is 2. The van der Waals surface area contributed by atoms with E-state index in [0.29, 0.717) is 51.0 Å². The lowest BCUT2D eigenvalue weighted by Crippen LogP contribution is -2.51. The molecule has 0 bridgehead atoms. The smallest absolute Gasteiger partial charge is 0.409 e. The van der Waals surface area contributed by atoms with E-state index >= 15 is 0 Å². The van der Waals surface area contributed by atoms with Crippen LogP contribution in [0, 0.1) is 11.8 Å². The second-order valence-corrected chi connectivity index (χ2v) is 7.67. The van der Waals surface area contributed by atoms with E-state index in [2.05, 4.69) is 31.2 Å². The lowest BCUT2D eigenvalue weighted by Gasteiger charge is -2.34. The average molecular weight is 360 g/mol. The summed E-state index contributed by atoms with van der Waals surface area (Å²) < 4.78 is 5.26. The van der Waals surface area contributed by atoms with E-state index in [1.54, 1.807) is 4.90 Å². The SMILES string of the molecule is CC(C)COC(=O)N1CCN(C(=O)CC(C)CCc2ccccc2)CC1. The molecule has 144 valence electrons. The quantitative estimate of drug-likeness (QED) is 0.747. The number of carbonyl (C=O) groups is 2. The van der Waals surface area contributed by atoms with Crippen LogP contribution in [-0.4, -0.2) is 54.6 Å². The van der Waals surface area contributed by atoms with Gasteiger partial charge in [0.25, 0.3) is 0 Å². The maximum absolute atomic E-state index is 12.5. The topological polar surface area (TPSA) is 49.9 Å². The van der Waals surface area contributed by atoms with Crippen LogP contribution in [0.4, 0.5) is 4.79 Å². The Morgan fingerprint density at radius 1 is 1.00 bits per heavy atom. The van der Waals surface area contributed by atoms with Gasteiger partial charge in [-0.05, 0) is 30.2 Å². The molecule has 2 rings (SSSR count). The van der Waals surface area contributed by atoms with Gasteiger partial charge in [0.15, 0.2) is 0 Å². The molecule has 1 fully saturated rings. The van der Waals surface area contributed by atoms with E-state index in [9.17, 15) is 9.59 Å². The Bertz CT molecular complexity index is 566. The molecule has 0 aromatic heterocycles. The van der Waals surface area contributed by atoms with Crippen molar-refractivity contribution >= 4 is 12.0 Å². The maximum Gasteiger partial charge on any atom is 0.409 e. The third-order valence-electron chi connectivity index (χ3n) is 4.72. The average Bonchev–Trinajstić information content (AvgIpc) is 2.65. The van der Waals surface area contributed by atoms with E-state index in [0.717, 1.165) is 12.8 Å². The third kappa shape index (κ3) is 6.70. The maximum atomic E-state index is 12.5. The molecule has 1 aliphatic heterocycles. The van der Waals surface area contributed by atoms with E-state index in [1.807, 2.05) is 24.8 Å². The second kappa shape index (κ2) is 10.2. The number of piperazine rings is 1. The number of hydrogen-bond donors (Lipinski definition) is 0. The van der Waals surface area contributed by atoms with Gasteiger partial charge in [0.2, 0.25) is 5.91 Å². The summed E-state index contributed by atoms with van der Waals surface area (Å²) in [7, 11) is 0. The molecule has 5 heteroatoms. The van der Waals surface area contributed by atoms with Gasteiger partial charge in [-0.1, -0.05) is 51.1 Å². The van der Waals surface area contributed by atoms with Gasteiger partial charge in [0, 0.05) is 32.6 Å². The minimum Gasteiger partial charge on any atom is -0.449 e. The molecule has 26 heavy (non-hydrogen) atoms. The Kier molecular flexibility index (Phi) is 7.95. The highest BCUT2D eigenvalue weighted by Crippen LogP contribution is 2.15. The fourth-order valence-electron chi connectivity index (χ4n) is 3.05. The number of amides is 2. The molecule has 0 saturated carbocycles. The number of nitrogens with zero attached hydrogens (tertiary/aromatic N) is 2. The first-order valence-electron chi connectivity index (χ1n) is 9.69. The summed E-state index contributed by atoms with van der Waals surface area (Å²) in [5.74, 6) is 0.886. The van der Waals surface area contributed by atoms with Gasteiger partial charge < -0.3 is 14.5 Å². The molecular weight excluding hydrogens is 328 g/mol. The largest absolute Gasteiger partial charge is 0.449 e. The number of benzene rings is 1. The van der Waals surface area contributed by atoms with Crippen molar-refractivity contribution in [2.75, 3.05) is 32.8 Å². The Hall–Kier alpha value is -2.04. The van der Waals surface area contributed by atoms with Crippen molar-refractivity contribution in [3.05, 3.63) is 35.9 Å². The van der Waals surface area contributed by atoms with Crippen LogP contribution >= 0.6 is 0 Å².